The Balaban J connectivity index is 1.67. The van der Waals surface area contributed by atoms with E-state index < -0.39 is 0 Å². The second-order valence-electron chi connectivity index (χ2n) is 5.14. The molecule has 0 radical (unpaired) electrons. The zero-order valence-corrected chi connectivity index (χ0v) is 12.2. The van der Waals surface area contributed by atoms with Crippen LogP contribution in [0.3, 0.4) is 0 Å². The number of carbonyl (C=O) groups is 1. The third-order valence-corrected chi connectivity index (χ3v) is 3.86. The summed E-state index contributed by atoms with van der Waals surface area (Å²) in [4.78, 5) is 11.9. The second kappa shape index (κ2) is 6.22. The Labute approximate surface area is 128 Å². The second-order valence-corrected chi connectivity index (χ2v) is 5.54. The van der Waals surface area contributed by atoms with Crippen LogP contribution in [0.2, 0.25) is 5.02 Å². The smallest absolute Gasteiger partial charge is 0.258 e. The molecule has 1 saturated carbocycles. The lowest BCUT2D eigenvalue weighted by Gasteiger charge is -2.15. The Morgan fingerprint density at radius 1 is 1.29 bits per heavy atom. The monoisotopic (exact) mass is 305 g/mol. The minimum absolute atomic E-state index is 0.232. The number of furan rings is 1. The van der Waals surface area contributed by atoms with Gasteiger partial charge in [0.15, 0.2) is 0 Å². The maximum absolute atomic E-state index is 11.9. The van der Waals surface area contributed by atoms with E-state index in [0.717, 1.165) is 12.8 Å². The van der Waals surface area contributed by atoms with Crippen molar-refractivity contribution in [2.45, 2.75) is 31.8 Å². The van der Waals surface area contributed by atoms with Gasteiger partial charge in [0.1, 0.15) is 12.0 Å². The van der Waals surface area contributed by atoms with Crippen LogP contribution in [0.25, 0.3) is 0 Å². The number of hydrogen-bond donors (Lipinski definition) is 1. The zero-order chi connectivity index (χ0) is 14.7. The van der Waals surface area contributed by atoms with E-state index in [1.165, 1.54) is 25.4 Å². The first-order valence-electron chi connectivity index (χ1n) is 7.02. The van der Waals surface area contributed by atoms with Crippen LogP contribution < -0.4 is 10.1 Å². The lowest BCUT2D eigenvalue weighted by molar-refractivity contribution is 0.102. The Kier molecular flexibility index (Phi) is 4.15. The van der Waals surface area contributed by atoms with Crippen molar-refractivity contribution in [2.24, 2.45) is 0 Å². The molecular formula is C16H16ClNO3. The molecular weight excluding hydrogens is 290 g/mol. The van der Waals surface area contributed by atoms with Crippen molar-refractivity contribution < 1.29 is 13.9 Å². The highest BCUT2D eigenvalue weighted by Gasteiger charge is 2.18. The van der Waals surface area contributed by atoms with Crippen LogP contribution in [0.15, 0.2) is 41.2 Å². The van der Waals surface area contributed by atoms with E-state index >= 15 is 0 Å². The third kappa shape index (κ3) is 3.39. The molecule has 3 rings (SSSR count). The van der Waals surface area contributed by atoms with Gasteiger partial charge < -0.3 is 14.5 Å². The molecule has 5 heteroatoms. The summed E-state index contributed by atoms with van der Waals surface area (Å²) in [6.07, 6.45) is 7.69. The molecule has 1 fully saturated rings. The Morgan fingerprint density at radius 3 is 2.76 bits per heavy atom. The Morgan fingerprint density at radius 2 is 2.10 bits per heavy atom. The van der Waals surface area contributed by atoms with Crippen molar-refractivity contribution in [1.29, 1.82) is 0 Å². The molecule has 1 amide bonds. The van der Waals surface area contributed by atoms with Gasteiger partial charge in [0.2, 0.25) is 0 Å². The highest BCUT2D eigenvalue weighted by atomic mass is 35.5. The molecule has 0 saturated heterocycles. The summed E-state index contributed by atoms with van der Waals surface area (Å²) in [7, 11) is 0. The predicted octanol–water partition coefficient (Wildman–Crippen LogP) is 4.51. The zero-order valence-electron chi connectivity index (χ0n) is 11.5. The van der Waals surface area contributed by atoms with Crippen LogP contribution in [0.4, 0.5) is 5.69 Å². The molecule has 1 aromatic heterocycles. The van der Waals surface area contributed by atoms with E-state index in [9.17, 15) is 4.79 Å². The average molecular weight is 306 g/mol. The summed E-state index contributed by atoms with van der Waals surface area (Å²) in [5.74, 6) is 0.439. The molecule has 2 aromatic rings. The quantitative estimate of drug-likeness (QED) is 0.904. The number of ether oxygens (including phenoxy) is 1. The summed E-state index contributed by atoms with van der Waals surface area (Å²) in [6.45, 7) is 0. The summed E-state index contributed by atoms with van der Waals surface area (Å²) in [5.41, 5.74) is 1.10. The highest BCUT2D eigenvalue weighted by Crippen LogP contribution is 2.31. The Hall–Kier alpha value is -1.94. The molecule has 0 aliphatic heterocycles. The van der Waals surface area contributed by atoms with E-state index in [4.69, 9.17) is 20.8 Å². The molecule has 1 aromatic carbocycles. The van der Waals surface area contributed by atoms with E-state index in [-0.39, 0.29) is 12.0 Å². The number of carbonyl (C=O) groups excluding carboxylic acids is 1. The number of rotatable bonds is 4. The average Bonchev–Trinajstić information content (AvgIpc) is 3.14. The van der Waals surface area contributed by atoms with Crippen LogP contribution in [-0.4, -0.2) is 12.0 Å². The van der Waals surface area contributed by atoms with Gasteiger partial charge in [-0.3, -0.25) is 4.79 Å². The van der Waals surface area contributed by atoms with Crippen molar-refractivity contribution in [3.05, 3.63) is 47.4 Å². The number of amides is 1. The van der Waals surface area contributed by atoms with Crippen LogP contribution >= 0.6 is 11.6 Å². The SMILES string of the molecule is O=C(Nc1ccc(OC2CCCC2)c(Cl)c1)c1ccoc1. The first kappa shape index (κ1) is 14.0. The fourth-order valence-electron chi connectivity index (χ4n) is 2.46. The molecule has 1 aliphatic carbocycles. The highest BCUT2D eigenvalue weighted by molar-refractivity contribution is 6.32. The van der Waals surface area contributed by atoms with Crippen LogP contribution in [0.5, 0.6) is 5.75 Å². The first-order chi connectivity index (χ1) is 10.2. The van der Waals surface area contributed by atoms with E-state index in [1.54, 1.807) is 24.3 Å². The molecule has 0 spiro atoms. The largest absolute Gasteiger partial charge is 0.489 e. The number of benzene rings is 1. The summed E-state index contributed by atoms with van der Waals surface area (Å²) >= 11 is 6.22. The van der Waals surface area contributed by atoms with Crippen molar-refractivity contribution in [2.75, 3.05) is 5.32 Å². The van der Waals surface area contributed by atoms with E-state index in [0.29, 0.717) is 22.0 Å². The summed E-state index contributed by atoms with van der Waals surface area (Å²) < 4.78 is 10.8. The van der Waals surface area contributed by atoms with Crippen molar-refractivity contribution in [3.8, 4) is 5.75 Å². The van der Waals surface area contributed by atoms with Gasteiger partial charge in [-0.2, -0.15) is 0 Å². The van der Waals surface area contributed by atoms with Crippen LogP contribution in [0, 0.1) is 0 Å². The number of anilines is 1. The third-order valence-electron chi connectivity index (χ3n) is 3.57. The molecule has 110 valence electrons. The molecule has 4 nitrogen and oxygen atoms in total. The topological polar surface area (TPSA) is 51.5 Å². The van der Waals surface area contributed by atoms with Crippen molar-refractivity contribution in [1.82, 2.24) is 0 Å². The molecule has 0 atom stereocenters. The lowest BCUT2D eigenvalue weighted by atomic mass is 10.2. The summed E-state index contributed by atoms with van der Waals surface area (Å²) in [5, 5.41) is 3.27. The summed E-state index contributed by atoms with van der Waals surface area (Å²) in [6, 6.07) is 6.89. The van der Waals surface area contributed by atoms with Crippen LogP contribution in [0.1, 0.15) is 36.0 Å². The van der Waals surface area contributed by atoms with Gasteiger partial charge in [0, 0.05) is 5.69 Å². The van der Waals surface area contributed by atoms with Gasteiger partial charge in [0.05, 0.1) is 23.0 Å². The van der Waals surface area contributed by atoms with E-state index in [1.807, 2.05) is 0 Å². The fourth-order valence-corrected chi connectivity index (χ4v) is 2.68. The van der Waals surface area contributed by atoms with Gasteiger partial charge in [-0.1, -0.05) is 11.6 Å². The van der Waals surface area contributed by atoms with Gasteiger partial charge >= 0.3 is 0 Å². The molecule has 1 aliphatic rings. The molecule has 1 heterocycles. The number of halogens is 1. The number of hydrogen-bond acceptors (Lipinski definition) is 3. The van der Waals surface area contributed by atoms with E-state index in [2.05, 4.69) is 5.32 Å². The minimum Gasteiger partial charge on any atom is -0.489 e. The van der Waals surface area contributed by atoms with Gasteiger partial charge in [-0.15, -0.1) is 0 Å². The molecule has 0 unspecified atom stereocenters. The van der Waals surface area contributed by atoms with Crippen molar-refractivity contribution in [3.63, 3.8) is 0 Å². The van der Waals surface area contributed by atoms with Gasteiger partial charge in [-0.25, -0.2) is 0 Å². The maximum Gasteiger partial charge on any atom is 0.258 e. The maximum atomic E-state index is 11.9. The number of nitrogens with one attached hydrogen (secondary N) is 1. The Bertz CT molecular complexity index is 618. The molecule has 1 N–H and O–H groups in total. The predicted molar refractivity (Wildman–Crippen MR) is 81.0 cm³/mol. The standard InChI is InChI=1S/C16H16ClNO3/c17-14-9-12(18-16(19)11-7-8-20-10-11)5-6-15(14)21-13-3-1-2-4-13/h5-10,13H,1-4H2,(H,18,19). The fraction of sp³-hybridized carbons (Fsp3) is 0.312. The van der Waals surface area contributed by atoms with Gasteiger partial charge in [0.25, 0.3) is 5.91 Å². The lowest BCUT2D eigenvalue weighted by Crippen LogP contribution is -2.12. The normalized spacial score (nSPS) is 15.1. The molecule has 0 bridgehead atoms. The van der Waals surface area contributed by atoms with Crippen LogP contribution in [-0.2, 0) is 0 Å². The first-order valence-corrected chi connectivity index (χ1v) is 7.40. The minimum atomic E-state index is -0.232. The van der Waals surface area contributed by atoms with Gasteiger partial charge in [-0.05, 0) is 49.9 Å². The van der Waals surface area contributed by atoms with Crippen molar-refractivity contribution >= 4 is 23.2 Å². The molecule has 21 heavy (non-hydrogen) atoms.